The highest BCUT2D eigenvalue weighted by Crippen LogP contribution is 2.38. The lowest BCUT2D eigenvalue weighted by molar-refractivity contribution is -0.161. The Morgan fingerprint density at radius 2 is 2.03 bits per heavy atom. The molecular formula is C21H25N3O9S. The molecule has 0 saturated carbocycles. The number of hydrogen-bond acceptors (Lipinski definition) is 8. The summed E-state index contributed by atoms with van der Waals surface area (Å²) >= 11 is -2.76. The van der Waals surface area contributed by atoms with E-state index in [4.69, 9.17) is 4.74 Å². The molecule has 6 atom stereocenters. The third kappa shape index (κ3) is 4.48. The molecule has 2 heterocycles. The van der Waals surface area contributed by atoms with Crippen molar-refractivity contribution in [2.75, 3.05) is 0 Å². The van der Waals surface area contributed by atoms with Gasteiger partial charge in [-0.1, -0.05) is 6.07 Å². The molecule has 12 nitrogen and oxygen atoms in total. The summed E-state index contributed by atoms with van der Waals surface area (Å²) < 4.78 is 25.6. The molecule has 1 aromatic rings. The standard InChI is InChI=1S/C21H25N3O9S/c1-10-7-16(26)24(10)18(20(29)30)21(3,34(31)32)9-22-23-19(28)13-8-15(33-11(13)2)12-5-4-6-14(25)17(12)27/h4-6,8-11,13,18,25,27H,7H2,1-3H3,(H,23,28)(H,29,30)(H,31,32)/b22-9+/t10-,11-,13+,18+,21+/m1/s1. The zero-order valence-corrected chi connectivity index (χ0v) is 19.4. The first-order valence-corrected chi connectivity index (χ1v) is 11.4. The quantitative estimate of drug-likeness (QED) is 0.113. The number of carbonyl (C=O) groups is 3. The number of hydrogen-bond donors (Lipinski definition) is 5. The lowest BCUT2D eigenvalue weighted by atomic mass is 9.92. The number of carboxylic acid groups (broad SMARTS) is 1. The molecule has 184 valence electrons. The van der Waals surface area contributed by atoms with Gasteiger partial charge < -0.3 is 29.5 Å². The minimum Gasteiger partial charge on any atom is -0.504 e. The van der Waals surface area contributed by atoms with Crippen molar-refractivity contribution in [2.24, 2.45) is 11.0 Å². The highest BCUT2D eigenvalue weighted by Gasteiger charge is 2.53. The van der Waals surface area contributed by atoms with Gasteiger partial charge in [-0.3, -0.25) is 9.59 Å². The largest absolute Gasteiger partial charge is 0.504 e. The Morgan fingerprint density at radius 1 is 1.35 bits per heavy atom. The predicted molar refractivity (Wildman–Crippen MR) is 120 cm³/mol. The summed E-state index contributed by atoms with van der Waals surface area (Å²) in [7, 11) is 0. The summed E-state index contributed by atoms with van der Waals surface area (Å²) in [6.07, 6.45) is 1.71. The predicted octanol–water partition coefficient (Wildman–Crippen LogP) is 0.630. The van der Waals surface area contributed by atoms with E-state index < -0.39 is 63.5 Å². The van der Waals surface area contributed by atoms with E-state index in [0.29, 0.717) is 0 Å². The molecule has 0 bridgehead atoms. The molecule has 13 heteroatoms. The molecule has 5 N–H and O–H groups in total. The Bertz CT molecular complexity index is 1100. The number of phenolic OH excluding ortho intramolecular Hbond substituents is 2. The number of likely N-dealkylation sites (tertiary alicyclic amines) is 1. The van der Waals surface area contributed by atoms with E-state index in [9.17, 15) is 38.5 Å². The molecule has 0 spiro atoms. The number of phenols is 2. The van der Waals surface area contributed by atoms with Crippen LogP contribution in [0.3, 0.4) is 0 Å². The molecule has 0 radical (unpaired) electrons. The first kappa shape index (κ1) is 25.2. The second-order valence-corrected chi connectivity index (χ2v) is 9.69. The highest BCUT2D eigenvalue weighted by atomic mass is 32.2. The molecule has 2 aliphatic rings. The molecule has 2 amide bonds. The summed E-state index contributed by atoms with van der Waals surface area (Å²) in [4.78, 5) is 37.5. The number of benzene rings is 1. The van der Waals surface area contributed by atoms with Crippen molar-refractivity contribution >= 4 is 40.8 Å². The number of carbonyl (C=O) groups excluding carboxylic acids is 2. The van der Waals surface area contributed by atoms with Gasteiger partial charge in [-0.2, -0.15) is 5.10 Å². The van der Waals surface area contributed by atoms with E-state index in [1.54, 1.807) is 13.8 Å². The van der Waals surface area contributed by atoms with Gasteiger partial charge in [0.1, 0.15) is 16.6 Å². The lowest BCUT2D eigenvalue weighted by Gasteiger charge is -2.46. The molecular weight excluding hydrogens is 470 g/mol. The van der Waals surface area contributed by atoms with Crippen molar-refractivity contribution in [1.29, 1.82) is 0 Å². The van der Waals surface area contributed by atoms with Crippen LogP contribution in [0.2, 0.25) is 0 Å². The molecule has 1 aromatic carbocycles. The van der Waals surface area contributed by atoms with Crippen molar-refractivity contribution in [3.05, 3.63) is 29.8 Å². The van der Waals surface area contributed by atoms with Crippen LogP contribution in [0, 0.1) is 5.92 Å². The summed E-state index contributed by atoms with van der Waals surface area (Å²) in [5.41, 5.74) is 2.39. The van der Waals surface area contributed by atoms with Crippen molar-refractivity contribution < 1.29 is 43.2 Å². The number of nitrogens with one attached hydrogen (secondary N) is 1. The molecule has 0 aromatic heterocycles. The number of rotatable bonds is 8. The second-order valence-electron chi connectivity index (χ2n) is 8.32. The Kier molecular flexibility index (Phi) is 6.98. The topological polar surface area (TPSA) is 186 Å². The monoisotopic (exact) mass is 495 g/mol. The Hall–Kier alpha value is -3.45. The van der Waals surface area contributed by atoms with Crippen molar-refractivity contribution in [3.63, 3.8) is 0 Å². The Labute approximate surface area is 197 Å². The number of ether oxygens (including phenoxy) is 1. The fourth-order valence-corrected chi connectivity index (χ4v) is 4.47. The maximum absolute atomic E-state index is 12.7. The van der Waals surface area contributed by atoms with Gasteiger partial charge in [-0.05, 0) is 39.0 Å². The number of carboxylic acids is 1. The number of aliphatic carboxylic acids is 1. The van der Waals surface area contributed by atoms with Crippen molar-refractivity contribution in [2.45, 2.75) is 50.1 Å². The molecule has 3 rings (SSSR count). The summed E-state index contributed by atoms with van der Waals surface area (Å²) in [6.45, 7) is 4.37. The van der Waals surface area contributed by atoms with E-state index in [-0.39, 0.29) is 23.5 Å². The fourth-order valence-electron chi connectivity index (χ4n) is 3.92. The van der Waals surface area contributed by atoms with Crippen LogP contribution in [0.25, 0.3) is 5.76 Å². The van der Waals surface area contributed by atoms with Crippen LogP contribution in [0.15, 0.2) is 29.4 Å². The average Bonchev–Trinajstić information content (AvgIpc) is 3.14. The highest BCUT2D eigenvalue weighted by molar-refractivity contribution is 7.81. The number of aromatic hydroxyl groups is 2. The number of nitrogens with zero attached hydrogens (tertiary/aromatic N) is 2. The third-order valence-electron chi connectivity index (χ3n) is 5.89. The minimum absolute atomic E-state index is 0.120. The average molecular weight is 496 g/mol. The van der Waals surface area contributed by atoms with Gasteiger partial charge in [-0.15, -0.1) is 0 Å². The SMILES string of the molecule is C[C@@H]1CC(=O)N1[C@@H](C(=O)O)[C@](C)(/C=N/NC(=O)[C@H]1C=C(c2cccc(O)c2O)O[C@@H]1C)S(=O)O. The fraction of sp³-hybridized carbons (Fsp3) is 0.429. The maximum atomic E-state index is 12.7. The molecule has 1 fully saturated rings. The maximum Gasteiger partial charge on any atom is 0.328 e. The number of β-lactam (4-membered cyclic amide) rings is 1. The number of amides is 2. The van der Waals surface area contributed by atoms with E-state index in [0.717, 1.165) is 18.0 Å². The molecule has 1 unspecified atom stereocenters. The van der Waals surface area contributed by atoms with Crippen LogP contribution < -0.4 is 5.43 Å². The van der Waals surface area contributed by atoms with Crippen molar-refractivity contribution in [3.8, 4) is 11.5 Å². The van der Waals surface area contributed by atoms with Crippen LogP contribution >= 0.6 is 0 Å². The van der Waals surface area contributed by atoms with Gasteiger partial charge in [0.25, 0.3) is 5.91 Å². The number of para-hydroxylation sites is 1. The third-order valence-corrected chi connectivity index (χ3v) is 6.97. The van der Waals surface area contributed by atoms with E-state index in [1.165, 1.54) is 24.3 Å². The van der Waals surface area contributed by atoms with Crippen LogP contribution in [0.1, 0.15) is 32.8 Å². The molecule has 2 aliphatic heterocycles. The van der Waals surface area contributed by atoms with Gasteiger partial charge in [0.2, 0.25) is 5.91 Å². The van der Waals surface area contributed by atoms with Gasteiger partial charge in [0.05, 0.1) is 11.5 Å². The van der Waals surface area contributed by atoms with Gasteiger partial charge >= 0.3 is 5.97 Å². The molecule has 1 saturated heterocycles. The normalized spacial score (nSPS) is 25.6. The van der Waals surface area contributed by atoms with Crippen molar-refractivity contribution in [1.82, 2.24) is 10.3 Å². The summed E-state index contributed by atoms with van der Waals surface area (Å²) in [6, 6.07) is 2.17. The minimum atomic E-state index is -2.76. The molecule has 0 aliphatic carbocycles. The Morgan fingerprint density at radius 3 is 2.59 bits per heavy atom. The second kappa shape index (κ2) is 9.43. The van der Waals surface area contributed by atoms with E-state index in [1.807, 2.05) is 0 Å². The zero-order chi connectivity index (χ0) is 25.4. The number of hydrazone groups is 1. The summed E-state index contributed by atoms with van der Waals surface area (Å²) in [5.74, 6) is -4.08. The van der Waals surface area contributed by atoms with Crippen LogP contribution in [-0.4, -0.2) is 75.9 Å². The zero-order valence-electron chi connectivity index (χ0n) is 18.5. The first-order chi connectivity index (χ1) is 15.9. The van der Waals surface area contributed by atoms with Gasteiger partial charge in [0.15, 0.2) is 28.6 Å². The van der Waals surface area contributed by atoms with Crippen LogP contribution in [0.4, 0.5) is 0 Å². The van der Waals surface area contributed by atoms with E-state index >= 15 is 0 Å². The van der Waals surface area contributed by atoms with Gasteiger partial charge in [0, 0.05) is 18.7 Å². The smallest absolute Gasteiger partial charge is 0.328 e. The van der Waals surface area contributed by atoms with Crippen LogP contribution in [-0.2, 0) is 30.2 Å². The lowest BCUT2D eigenvalue weighted by Crippen LogP contribution is -2.67. The van der Waals surface area contributed by atoms with Crippen LogP contribution in [0.5, 0.6) is 11.5 Å². The first-order valence-electron chi connectivity index (χ1n) is 10.3. The summed E-state index contributed by atoms with van der Waals surface area (Å²) in [5, 5.41) is 33.1. The molecule has 34 heavy (non-hydrogen) atoms. The Balaban J connectivity index is 1.79. The van der Waals surface area contributed by atoms with Gasteiger partial charge in [-0.25, -0.2) is 14.4 Å². The van der Waals surface area contributed by atoms with E-state index in [2.05, 4.69) is 10.5 Å².